The molecule has 7 nitrogen and oxygen atoms in total. The second-order valence-electron chi connectivity index (χ2n) is 6.79. The van der Waals surface area contributed by atoms with Gasteiger partial charge in [-0.25, -0.2) is 9.78 Å². The van der Waals surface area contributed by atoms with Gasteiger partial charge in [-0.3, -0.25) is 10.1 Å². The molecule has 0 spiro atoms. The van der Waals surface area contributed by atoms with Crippen LogP contribution in [0.1, 0.15) is 18.0 Å². The van der Waals surface area contributed by atoms with E-state index in [0.717, 1.165) is 18.3 Å². The summed E-state index contributed by atoms with van der Waals surface area (Å²) in [4.78, 5) is 30.3. The molecule has 0 unspecified atom stereocenters. The minimum atomic E-state index is -2.92. The number of ether oxygens (including phenoxy) is 1. The van der Waals surface area contributed by atoms with Gasteiger partial charge in [0.2, 0.25) is 0 Å². The number of alkyl halides is 2. The number of likely N-dealkylation sites (tertiary alicyclic amines) is 1. The predicted molar refractivity (Wildman–Crippen MR) is 93.0 cm³/mol. The van der Waals surface area contributed by atoms with E-state index in [2.05, 4.69) is 15.0 Å². The molecule has 4 heterocycles. The third-order valence-corrected chi connectivity index (χ3v) is 4.96. The smallest absolute Gasteiger partial charge is 0.387 e. The van der Waals surface area contributed by atoms with E-state index in [-0.39, 0.29) is 35.0 Å². The number of aromatic nitrogens is 2. The molecule has 1 fully saturated rings. The van der Waals surface area contributed by atoms with E-state index in [1.807, 2.05) is 6.07 Å². The van der Waals surface area contributed by atoms with Gasteiger partial charge in [0.05, 0.1) is 6.20 Å². The second kappa shape index (κ2) is 6.98. The lowest BCUT2D eigenvalue weighted by atomic mass is 9.83. The number of rotatable bonds is 3. The molecule has 142 valence electrons. The Hall–Kier alpha value is -2.97. The van der Waals surface area contributed by atoms with Gasteiger partial charge in [0.15, 0.2) is 0 Å². The summed E-state index contributed by atoms with van der Waals surface area (Å²) in [5, 5.41) is 2.68. The Kier molecular flexibility index (Phi) is 4.51. The first-order chi connectivity index (χ1) is 13.0. The van der Waals surface area contributed by atoms with Gasteiger partial charge in [0.25, 0.3) is 5.56 Å². The van der Waals surface area contributed by atoms with E-state index in [4.69, 9.17) is 0 Å². The average Bonchev–Trinajstić information content (AvgIpc) is 2.64. The number of nitrogens with zero attached hydrogens (tertiary/aromatic N) is 3. The highest BCUT2D eigenvalue weighted by atomic mass is 19.3. The van der Waals surface area contributed by atoms with Crippen molar-refractivity contribution >= 4 is 11.8 Å². The van der Waals surface area contributed by atoms with Crippen LogP contribution < -0.4 is 15.6 Å². The molecule has 1 saturated heterocycles. The van der Waals surface area contributed by atoms with Crippen molar-refractivity contribution in [3.8, 4) is 5.75 Å². The summed E-state index contributed by atoms with van der Waals surface area (Å²) in [5.41, 5.74) is 0.957. The number of fused-ring (bicyclic) bond motifs is 4. The van der Waals surface area contributed by atoms with E-state index < -0.39 is 6.61 Å². The monoisotopic (exact) mass is 376 g/mol. The Morgan fingerprint density at radius 3 is 2.81 bits per heavy atom. The van der Waals surface area contributed by atoms with Crippen LogP contribution in [0.2, 0.25) is 0 Å². The molecule has 1 N–H and O–H groups in total. The SMILES string of the molecule is O=C(Nc1ccc(OC(F)F)cn1)N1C[C@@H]2C[C@H](C1)c1cccc(=O)n1C2. The number of nitrogens with one attached hydrogen (secondary N) is 1. The molecule has 0 aliphatic carbocycles. The van der Waals surface area contributed by atoms with Crippen LogP contribution in [0.3, 0.4) is 0 Å². The van der Waals surface area contributed by atoms with Gasteiger partial charge in [-0.2, -0.15) is 8.78 Å². The summed E-state index contributed by atoms with van der Waals surface area (Å²) in [6, 6.07) is 7.68. The molecule has 2 aliphatic heterocycles. The van der Waals surface area contributed by atoms with E-state index in [9.17, 15) is 18.4 Å². The Labute approximate surface area is 153 Å². The molecule has 2 aromatic heterocycles. The number of piperidine rings is 1. The van der Waals surface area contributed by atoms with Crippen molar-refractivity contribution in [2.75, 3.05) is 18.4 Å². The highest BCUT2D eigenvalue weighted by Gasteiger charge is 2.36. The van der Waals surface area contributed by atoms with E-state index >= 15 is 0 Å². The standard InChI is InChI=1S/C18H18F2N4O3/c19-17(20)27-13-4-5-15(21-7-13)22-18(26)23-8-11-6-12(10-23)14-2-1-3-16(25)24(14)9-11/h1-5,7,11-12,17H,6,8-10H2,(H,21,22,26)/t11-,12+/m0/s1. The van der Waals surface area contributed by atoms with Crippen LogP contribution in [0, 0.1) is 5.92 Å². The van der Waals surface area contributed by atoms with Crippen LogP contribution in [0.5, 0.6) is 5.75 Å². The Balaban J connectivity index is 1.44. The van der Waals surface area contributed by atoms with Crippen molar-refractivity contribution < 1.29 is 18.3 Å². The molecule has 0 aromatic carbocycles. The van der Waals surface area contributed by atoms with Gasteiger partial charge in [0.1, 0.15) is 11.6 Å². The van der Waals surface area contributed by atoms with Gasteiger partial charge in [0, 0.05) is 37.3 Å². The summed E-state index contributed by atoms with van der Waals surface area (Å²) >= 11 is 0. The molecule has 2 bridgehead atoms. The highest BCUT2D eigenvalue weighted by molar-refractivity contribution is 5.88. The Morgan fingerprint density at radius 2 is 2.07 bits per heavy atom. The summed E-state index contributed by atoms with van der Waals surface area (Å²) in [5.74, 6) is 0.523. The zero-order valence-electron chi connectivity index (χ0n) is 14.3. The zero-order chi connectivity index (χ0) is 19.0. The number of hydrogen-bond acceptors (Lipinski definition) is 4. The Bertz CT molecular complexity index is 900. The van der Waals surface area contributed by atoms with Gasteiger partial charge in [-0.05, 0) is 30.5 Å². The number of urea groups is 1. The summed E-state index contributed by atoms with van der Waals surface area (Å²) in [6.45, 7) is -1.25. The van der Waals surface area contributed by atoms with E-state index in [1.165, 1.54) is 12.1 Å². The number of hydrogen-bond donors (Lipinski definition) is 1. The molecular weight excluding hydrogens is 358 g/mol. The number of carbonyl (C=O) groups is 1. The minimum Gasteiger partial charge on any atom is -0.433 e. The van der Waals surface area contributed by atoms with Gasteiger partial charge in [-0.1, -0.05) is 6.07 Å². The van der Waals surface area contributed by atoms with Crippen LogP contribution in [0.4, 0.5) is 19.4 Å². The maximum atomic E-state index is 12.6. The van der Waals surface area contributed by atoms with Gasteiger partial charge >= 0.3 is 12.6 Å². The van der Waals surface area contributed by atoms with Crippen molar-refractivity contribution in [2.45, 2.75) is 25.5 Å². The van der Waals surface area contributed by atoms with E-state index in [0.29, 0.717) is 19.6 Å². The minimum absolute atomic E-state index is 0.00425. The number of halogens is 2. The molecule has 2 atom stereocenters. The Morgan fingerprint density at radius 1 is 1.22 bits per heavy atom. The summed E-state index contributed by atoms with van der Waals surface area (Å²) in [7, 11) is 0. The van der Waals surface area contributed by atoms with Crippen LogP contribution in [0.25, 0.3) is 0 Å². The lowest BCUT2D eigenvalue weighted by Crippen LogP contribution is -2.50. The number of carbonyl (C=O) groups excluding carboxylic acids is 1. The molecule has 2 aromatic rings. The fourth-order valence-corrected chi connectivity index (χ4v) is 3.88. The van der Waals surface area contributed by atoms with E-state index in [1.54, 1.807) is 21.6 Å². The van der Waals surface area contributed by atoms with Crippen molar-refractivity contribution in [3.05, 3.63) is 52.6 Å². The molecule has 27 heavy (non-hydrogen) atoms. The lowest BCUT2D eigenvalue weighted by Gasteiger charge is -2.42. The zero-order valence-corrected chi connectivity index (χ0v) is 14.3. The largest absolute Gasteiger partial charge is 0.433 e. The predicted octanol–water partition coefficient (Wildman–Crippen LogP) is 2.50. The third-order valence-electron chi connectivity index (χ3n) is 4.96. The van der Waals surface area contributed by atoms with Gasteiger partial charge in [-0.15, -0.1) is 0 Å². The fraction of sp³-hybridized carbons (Fsp3) is 0.389. The quantitative estimate of drug-likeness (QED) is 0.893. The van der Waals surface area contributed by atoms with Gasteiger partial charge < -0.3 is 14.2 Å². The van der Waals surface area contributed by atoms with Crippen LogP contribution in [-0.4, -0.2) is 40.2 Å². The highest BCUT2D eigenvalue weighted by Crippen LogP contribution is 2.35. The second-order valence-corrected chi connectivity index (χ2v) is 6.79. The molecule has 0 radical (unpaired) electrons. The van der Waals surface area contributed by atoms with Crippen molar-refractivity contribution in [1.29, 1.82) is 0 Å². The normalized spacial score (nSPS) is 20.9. The average molecular weight is 376 g/mol. The van der Waals surface area contributed by atoms with Crippen molar-refractivity contribution in [2.24, 2.45) is 5.92 Å². The lowest BCUT2D eigenvalue weighted by molar-refractivity contribution is -0.0500. The summed E-state index contributed by atoms with van der Waals surface area (Å²) in [6.07, 6.45) is 2.08. The number of pyridine rings is 2. The molecule has 9 heteroatoms. The summed E-state index contributed by atoms with van der Waals surface area (Å²) < 4.78 is 30.4. The molecular formula is C18H18F2N4O3. The molecule has 2 amide bonds. The van der Waals surface area contributed by atoms with Crippen LogP contribution in [0.15, 0.2) is 41.3 Å². The molecule has 0 saturated carbocycles. The van der Waals surface area contributed by atoms with Crippen molar-refractivity contribution in [3.63, 3.8) is 0 Å². The molecule has 2 aliphatic rings. The molecule has 4 rings (SSSR count). The van der Waals surface area contributed by atoms with Crippen LogP contribution >= 0.6 is 0 Å². The number of anilines is 1. The van der Waals surface area contributed by atoms with Crippen LogP contribution in [-0.2, 0) is 6.54 Å². The topological polar surface area (TPSA) is 76.5 Å². The first-order valence-corrected chi connectivity index (χ1v) is 8.66. The first-order valence-electron chi connectivity index (χ1n) is 8.66. The number of amides is 2. The maximum absolute atomic E-state index is 12.6. The first kappa shape index (κ1) is 17.4. The third kappa shape index (κ3) is 3.62. The fourth-order valence-electron chi connectivity index (χ4n) is 3.88. The maximum Gasteiger partial charge on any atom is 0.387 e. The van der Waals surface area contributed by atoms with Crippen molar-refractivity contribution in [1.82, 2.24) is 14.5 Å².